The van der Waals surface area contributed by atoms with Crippen LogP contribution in [0.2, 0.25) is 0 Å². The number of hydrogen-bond acceptors (Lipinski definition) is 4. The molecular weight excluding hydrogens is 254 g/mol. The van der Waals surface area contributed by atoms with Crippen molar-refractivity contribution in [3.8, 4) is 0 Å². The minimum absolute atomic E-state index is 0.0395. The van der Waals surface area contributed by atoms with Crippen LogP contribution in [0, 0.1) is 0 Å². The molecule has 7 heteroatoms. The topological polar surface area (TPSA) is 70.7 Å². The molecule has 1 saturated heterocycles. The minimum Gasteiger partial charge on any atom is -0.375 e. The summed E-state index contributed by atoms with van der Waals surface area (Å²) >= 11 is 0. The van der Waals surface area contributed by atoms with Gasteiger partial charge in [0.05, 0.1) is 12.7 Å². The van der Waals surface area contributed by atoms with Gasteiger partial charge in [0, 0.05) is 31.7 Å². The maximum atomic E-state index is 12.1. The monoisotopic (exact) mass is 277 g/mol. The molecule has 1 saturated carbocycles. The number of rotatable bonds is 6. The van der Waals surface area contributed by atoms with Crippen LogP contribution < -0.4 is 10.0 Å². The van der Waals surface area contributed by atoms with Gasteiger partial charge in [-0.25, -0.2) is 4.72 Å². The van der Waals surface area contributed by atoms with Gasteiger partial charge in [-0.3, -0.25) is 0 Å². The standard InChI is InChI=1S/C11H23N3O3S/c1-9-8-17-10(2)7-14(9)18(15,16)13-6-5-12-11-3-4-11/h9-13H,3-8H2,1-2H3. The SMILES string of the molecule is CC1CN(S(=O)(=O)NCCNC2CC2)C(C)CO1. The molecule has 2 N–H and O–H groups in total. The van der Waals surface area contributed by atoms with Crippen molar-refractivity contribution in [1.82, 2.24) is 14.3 Å². The van der Waals surface area contributed by atoms with Crippen molar-refractivity contribution in [2.45, 2.75) is 44.9 Å². The average Bonchev–Trinajstić information content (AvgIpc) is 3.12. The van der Waals surface area contributed by atoms with Gasteiger partial charge in [0.2, 0.25) is 0 Å². The van der Waals surface area contributed by atoms with Crippen LogP contribution in [0.1, 0.15) is 26.7 Å². The van der Waals surface area contributed by atoms with E-state index in [1.165, 1.54) is 17.1 Å². The third kappa shape index (κ3) is 3.89. The fourth-order valence-corrected chi connectivity index (χ4v) is 3.50. The first-order chi connectivity index (χ1) is 8.49. The summed E-state index contributed by atoms with van der Waals surface area (Å²) < 4.78 is 33.8. The Morgan fingerprint density at radius 1 is 1.28 bits per heavy atom. The fourth-order valence-electron chi connectivity index (χ4n) is 2.03. The first-order valence-corrected chi connectivity index (χ1v) is 8.04. The Hall–Kier alpha value is -0.210. The van der Waals surface area contributed by atoms with E-state index in [0.29, 0.717) is 32.3 Å². The molecule has 2 atom stereocenters. The Morgan fingerprint density at radius 2 is 2.00 bits per heavy atom. The first-order valence-electron chi connectivity index (χ1n) is 6.60. The second kappa shape index (κ2) is 5.83. The lowest BCUT2D eigenvalue weighted by Crippen LogP contribution is -2.54. The van der Waals surface area contributed by atoms with Crippen LogP contribution in [-0.2, 0) is 14.9 Å². The zero-order chi connectivity index (χ0) is 13.2. The third-order valence-corrected chi connectivity index (χ3v) is 4.97. The van der Waals surface area contributed by atoms with E-state index in [0.717, 1.165) is 0 Å². The zero-order valence-electron chi connectivity index (χ0n) is 11.1. The van der Waals surface area contributed by atoms with Gasteiger partial charge in [-0.1, -0.05) is 0 Å². The Bertz CT molecular complexity index is 370. The van der Waals surface area contributed by atoms with E-state index < -0.39 is 10.2 Å². The quantitative estimate of drug-likeness (QED) is 0.653. The second-order valence-corrected chi connectivity index (χ2v) is 6.90. The molecule has 6 nitrogen and oxygen atoms in total. The summed E-state index contributed by atoms with van der Waals surface area (Å²) in [4.78, 5) is 0. The van der Waals surface area contributed by atoms with Crippen LogP contribution in [0.15, 0.2) is 0 Å². The van der Waals surface area contributed by atoms with Crippen molar-refractivity contribution < 1.29 is 13.2 Å². The first kappa shape index (κ1) is 14.2. The second-order valence-electron chi connectivity index (χ2n) is 5.19. The number of nitrogens with one attached hydrogen (secondary N) is 2. The lowest BCUT2D eigenvalue weighted by molar-refractivity contribution is -0.0174. The van der Waals surface area contributed by atoms with Crippen LogP contribution >= 0.6 is 0 Å². The van der Waals surface area contributed by atoms with Crippen LogP contribution in [-0.4, -0.2) is 57.2 Å². The smallest absolute Gasteiger partial charge is 0.279 e. The Morgan fingerprint density at radius 3 is 2.67 bits per heavy atom. The van der Waals surface area contributed by atoms with Gasteiger partial charge >= 0.3 is 0 Å². The lowest BCUT2D eigenvalue weighted by Gasteiger charge is -2.35. The third-order valence-electron chi connectivity index (χ3n) is 3.28. The number of hydrogen-bond donors (Lipinski definition) is 2. The molecule has 0 amide bonds. The maximum Gasteiger partial charge on any atom is 0.279 e. The van der Waals surface area contributed by atoms with E-state index in [1.807, 2.05) is 13.8 Å². The van der Waals surface area contributed by atoms with E-state index in [2.05, 4.69) is 10.0 Å². The fraction of sp³-hybridized carbons (Fsp3) is 1.00. The van der Waals surface area contributed by atoms with Crippen LogP contribution in [0.4, 0.5) is 0 Å². The van der Waals surface area contributed by atoms with Crippen molar-refractivity contribution in [1.29, 1.82) is 0 Å². The van der Waals surface area contributed by atoms with Gasteiger partial charge in [-0.05, 0) is 26.7 Å². The summed E-state index contributed by atoms with van der Waals surface area (Å²) in [5.74, 6) is 0. The molecule has 0 radical (unpaired) electrons. The van der Waals surface area contributed by atoms with E-state index in [-0.39, 0.29) is 12.1 Å². The molecule has 2 unspecified atom stereocenters. The lowest BCUT2D eigenvalue weighted by atomic mass is 10.2. The molecular formula is C11H23N3O3S. The molecule has 0 aromatic heterocycles. The van der Waals surface area contributed by atoms with Gasteiger partial charge < -0.3 is 10.1 Å². The molecule has 18 heavy (non-hydrogen) atoms. The van der Waals surface area contributed by atoms with Crippen molar-refractivity contribution >= 4 is 10.2 Å². The molecule has 106 valence electrons. The summed E-state index contributed by atoms with van der Waals surface area (Å²) in [6, 6.07) is 0.506. The highest BCUT2D eigenvalue weighted by atomic mass is 32.2. The molecule has 2 fully saturated rings. The summed E-state index contributed by atoms with van der Waals surface area (Å²) in [6.07, 6.45) is 2.39. The molecule has 1 heterocycles. The van der Waals surface area contributed by atoms with E-state index >= 15 is 0 Å². The number of nitrogens with zero attached hydrogens (tertiary/aromatic N) is 1. The van der Waals surface area contributed by atoms with Crippen molar-refractivity contribution in [3.05, 3.63) is 0 Å². The highest BCUT2D eigenvalue weighted by Gasteiger charge is 2.32. The highest BCUT2D eigenvalue weighted by Crippen LogP contribution is 2.18. The molecule has 0 spiro atoms. The van der Waals surface area contributed by atoms with Gasteiger partial charge in [0.1, 0.15) is 0 Å². The maximum absolute atomic E-state index is 12.1. The van der Waals surface area contributed by atoms with Crippen LogP contribution in [0.3, 0.4) is 0 Å². The summed E-state index contributed by atoms with van der Waals surface area (Å²) in [5.41, 5.74) is 0. The van der Waals surface area contributed by atoms with Gasteiger partial charge in [0.15, 0.2) is 0 Å². The van der Waals surface area contributed by atoms with Crippen molar-refractivity contribution in [2.24, 2.45) is 0 Å². The highest BCUT2D eigenvalue weighted by molar-refractivity contribution is 7.87. The van der Waals surface area contributed by atoms with E-state index in [1.54, 1.807) is 0 Å². The van der Waals surface area contributed by atoms with Crippen LogP contribution in [0.25, 0.3) is 0 Å². The molecule has 0 aromatic carbocycles. The van der Waals surface area contributed by atoms with E-state index in [9.17, 15) is 8.42 Å². The minimum atomic E-state index is -3.38. The summed E-state index contributed by atoms with van der Waals surface area (Å²) in [6.45, 7) is 5.78. The molecule has 2 aliphatic rings. The normalized spacial score (nSPS) is 30.6. The average molecular weight is 277 g/mol. The molecule has 0 bridgehead atoms. The van der Waals surface area contributed by atoms with E-state index in [4.69, 9.17) is 4.74 Å². The number of morpholine rings is 1. The summed E-state index contributed by atoms with van der Waals surface area (Å²) in [5, 5.41) is 3.28. The molecule has 1 aliphatic carbocycles. The van der Waals surface area contributed by atoms with Crippen LogP contribution in [0.5, 0.6) is 0 Å². The Balaban J connectivity index is 1.79. The molecule has 0 aromatic rings. The molecule has 1 aliphatic heterocycles. The Kier molecular flexibility index (Phi) is 4.60. The zero-order valence-corrected chi connectivity index (χ0v) is 11.9. The van der Waals surface area contributed by atoms with Crippen molar-refractivity contribution in [2.75, 3.05) is 26.2 Å². The van der Waals surface area contributed by atoms with Crippen molar-refractivity contribution in [3.63, 3.8) is 0 Å². The Labute approximate surface area is 109 Å². The predicted molar refractivity (Wildman–Crippen MR) is 69.5 cm³/mol. The largest absolute Gasteiger partial charge is 0.375 e. The van der Waals surface area contributed by atoms with Gasteiger partial charge in [-0.15, -0.1) is 0 Å². The number of ether oxygens (including phenoxy) is 1. The molecule has 2 rings (SSSR count). The summed E-state index contributed by atoms with van der Waals surface area (Å²) in [7, 11) is -3.38. The van der Waals surface area contributed by atoms with Gasteiger partial charge in [-0.2, -0.15) is 12.7 Å². The predicted octanol–water partition coefficient (Wildman–Crippen LogP) is -0.318. The van der Waals surface area contributed by atoms with Gasteiger partial charge in [0.25, 0.3) is 10.2 Å².